The number of hydrogen-bond donors (Lipinski definition) is 1. The highest BCUT2D eigenvalue weighted by atomic mass is 16.7. The molecule has 2 aromatic rings. The minimum atomic E-state index is -1.13. The smallest absolute Gasteiger partial charge is 0.395 e. The summed E-state index contributed by atoms with van der Waals surface area (Å²) in [6, 6.07) is 8.51. The summed E-state index contributed by atoms with van der Waals surface area (Å²) in [7, 11) is 0. The predicted molar refractivity (Wildman–Crippen MR) is 101 cm³/mol. The Kier molecular flexibility index (Phi) is 5.50. The molecule has 12 heteroatoms. The molecule has 2 aromatic carbocycles. The van der Waals surface area contributed by atoms with E-state index in [0.717, 1.165) is 0 Å². The minimum absolute atomic E-state index is 0.0109. The van der Waals surface area contributed by atoms with Crippen LogP contribution in [0.5, 0.6) is 11.5 Å². The number of fused-ring (bicyclic) bond motifs is 1. The highest BCUT2D eigenvalue weighted by molar-refractivity contribution is 5.68. The lowest BCUT2D eigenvalue weighted by Gasteiger charge is -2.18. The Morgan fingerprint density at radius 2 is 1.58 bits per heavy atom. The Bertz CT molecular complexity index is 1020. The molecule has 2 aliphatic heterocycles. The van der Waals surface area contributed by atoms with Gasteiger partial charge < -0.3 is 24.1 Å². The first-order valence-electron chi connectivity index (χ1n) is 9.17. The van der Waals surface area contributed by atoms with Gasteiger partial charge in [0.2, 0.25) is 0 Å². The number of nitro groups is 2. The SMILES string of the molecule is O=C(Oc1ccc([N+](=O)[O-])cc1)Oc1ccc([N+](=O)[O-])cc1[C@@H]1CO[C@H]2[C@@H]1OC[C@H]2O. The summed E-state index contributed by atoms with van der Waals surface area (Å²) in [4.78, 5) is 33.0. The fourth-order valence-corrected chi connectivity index (χ4v) is 3.62. The number of rotatable bonds is 5. The van der Waals surface area contributed by atoms with Crippen LogP contribution in [-0.2, 0) is 9.47 Å². The molecule has 0 radical (unpaired) electrons. The van der Waals surface area contributed by atoms with Gasteiger partial charge in [-0.1, -0.05) is 0 Å². The van der Waals surface area contributed by atoms with Gasteiger partial charge in [0.15, 0.2) is 0 Å². The van der Waals surface area contributed by atoms with Crippen LogP contribution >= 0.6 is 0 Å². The van der Waals surface area contributed by atoms with Crippen molar-refractivity contribution in [1.29, 1.82) is 0 Å². The molecular formula is C19H16N2O10. The molecule has 2 saturated heterocycles. The van der Waals surface area contributed by atoms with Gasteiger partial charge in [0, 0.05) is 35.7 Å². The van der Waals surface area contributed by atoms with E-state index in [9.17, 15) is 30.1 Å². The van der Waals surface area contributed by atoms with Crippen molar-refractivity contribution in [2.24, 2.45) is 0 Å². The fourth-order valence-electron chi connectivity index (χ4n) is 3.62. The Hall–Kier alpha value is -3.61. The van der Waals surface area contributed by atoms with Gasteiger partial charge in [-0.3, -0.25) is 20.2 Å². The molecule has 0 aromatic heterocycles. The van der Waals surface area contributed by atoms with E-state index >= 15 is 0 Å². The maximum Gasteiger partial charge on any atom is 0.519 e. The van der Waals surface area contributed by atoms with Gasteiger partial charge in [0.25, 0.3) is 11.4 Å². The van der Waals surface area contributed by atoms with Crippen molar-refractivity contribution < 1.29 is 38.7 Å². The van der Waals surface area contributed by atoms with E-state index in [1.54, 1.807) is 0 Å². The van der Waals surface area contributed by atoms with E-state index in [2.05, 4.69) is 0 Å². The van der Waals surface area contributed by atoms with Gasteiger partial charge in [0.05, 0.1) is 29.2 Å². The van der Waals surface area contributed by atoms with Crippen molar-refractivity contribution in [2.45, 2.75) is 24.2 Å². The number of benzene rings is 2. The van der Waals surface area contributed by atoms with Gasteiger partial charge in [-0.25, -0.2) is 4.79 Å². The number of non-ortho nitro benzene ring substituents is 2. The maximum atomic E-state index is 12.3. The molecule has 2 fully saturated rings. The molecule has 4 atom stereocenters. The number of aliphatic hydroxyl groups excluding tert-OH is 1. The number of ether oxygens (including phenoxy) is 4. The van der Waals surface area contributed by atoms with Crippen LogP contribution in [0.1, 0.15) is 11.5 Å². The van der Waals surface area contributed by atoms with Crippen LogP contribution in [0.2, 0.25) is 0 Å². The highest BCUT2D eigenvalue weighted by Crippen LogP contribution is 2.42. The van der Waals surface area contributed by atoms with Crippen molar-refractivity contribution in [2.75, 3.05) is 13.2 Å². The lowest BCUT2D eigenvalue weighted by atomic mass is 9.92. The largest absolute Gasteiger partial charge is 0.519 e. The van der Waals surface area contributed by atoms with Gasteiger partial charge in [-0.05, 0) is 18.2 Å². The summed E-state index contributed by atoms with van der Waals surface area (Å²) in [5, 5.41) is 31.9. The summed E-state index contributed by atoms with van der Waals surface area (Å²) in [6.07, 6.45) is -3.08. The Morgan fingerprint density at radius 3 is 2.26 bits per heavy atom. The lowest BCUT2D eigenvalue weighted by molar-refractivity contribution is -0.385. The van der Waals surface area contributed by atoms with E-state index in [1.165, 1.54) is 42.5 Å². The third-order valence-corrected chi connectivity index (χ3v) is 5.07. The first kappa shape index (κ1) is 20.7. The van der Waals surface area contributed by atoms with Gasteiger partial charge in [-0.2, -0.15) is 0 Å². The van der Waals surface area contributed by atoms with E-state index in [-0.39, 0.29) is 36.1 Å². The van der Waals surface area contributed by atoms with E-state index in [1.807, 2.05) is 0 Å². The first-order valence-corrected chi connectivity index (χ1v) is 9.17. The maximum absolute atomic E-state index is 12.3. The molecule has 0 saturated carbocycles. The van der Waals surface area contributed by atoms with E-state index in [0.29, 0.717) is 5.56 Å². The number of aliphatic hydroxyl groups is 1. The van der Waals surface area contributed by atoms with E-state index in [4.69, 9.17) is 18.9 Å². The van der Waals surface area contributed by atoms with Crippen LogP contribution in [0.3, 0.4) is 0 Å². The van der Waals surface area contributed by atoms with Crippen molar-refractivity contribution in [3.05, 3.63) is 68.3 Å². The summed E-state index contributed by atoms with van der Waals surface area (Å²) >= 11 is 0. The molecule has 0 spiro atoms. The van der Waals surface area contributed by atoms with Crippen LogP contribution in [0.4, 0.5) is 16.2 Å². The molecule has 2 aliphatic rings. The van der Waals surface area contributed by atoms with Crippen LogP contribution < -0.4 is 9.47 Å². The number of carbonyl (C=O) groups excluding carboxylic acids is 1. The Labute approximate surface area is 174 Å². The summed E-state index contributed by atoms with van der Waals surface area (Å²) in [6.45, 7) is 0.181. The first-order chi connectivity index (χ1) is 14.8. The number of carbonyl (C=O) groups is 1. The minimum Gasteiger partial charge on any atom is -0.395 e. The standard InChI is InChI=1S/C19H16N2O10/c22-15-9-29-17-14(8-28-18(15)17)13-7-11(21(26)27)3-6-16(13)31-19(23)30-12-4-1-10(2-5-12)20(24)25/h1-7,14-15,17-18,22H,8-9H2/t14-,15+,17+,18+/m0/s1. The van der Waals surface area contributed by atoms with Crippen LogP contribution in [0.15, 0.2) is 42.5 Å². The molecule has 1 N–H and O–H groups in total. The zero-order valence-electron chi connectivity index (χ0n) is 15.8. The molecule has 31 heavy (non-hydrogen) atoms. The molecule has 0 unspecified atom stereocenters. The number of hydrogen-bond acceptors (Lipinski definition) is 10. The molecule has 0 amide bonds. The van der Waals surface area contributed by atoms with Crippen LogP contribution in [0, 0.1) is 20.2 Å². The zero-order valence-corrected chi connectivity index (χ0v) is 15.8. The number of nitrogens with zero attached hydrogens (tertiary/aromatic N) is 2. The summed E-state index contributed by atoms with van der Waals surface area (Å²) in [5.41, 5.74) is -0.0857. The molecule has 162 valence electrons. The molecule has 4 rings (SSSR count). The molecular weight excluding hydrogens is 416 g/mol. The zero-order chi connectivity index (χ0) is 22.1. The lowest BCUT2D eigenvalue weighted by Crippen LogP contribution is -2.28. The second-order valence-corrected chi connectivity index (χ2v) is 6.95. The molecule has 0 bridgehead atoms. The van der Waals surface area contributed by atoms with Crippen molar-refractivity contribution >= 4 is 17.5 Å². The number of nitro benzene ring substituents is 2. The third kappa shape index (κ3) is 4.17. The Morgan fingerprint density at radius 1 is 0.935 bits per heavy atom. The molecule has 0 aliphatic carbocycles. The average molecular weight is 432 g/mol. The van der Waals surface area contributed by atoms with Crippen molar-refractivity contribution in [1.82, 2.24) is 0 Å². The quantitative estimate of drug-likeness (QED) is 0.321. The van der Waals surface area contributed by atoms with Gasteiger partial charge in [-0.15, -0.1) is 0 Å². The normalized spacial score (nSPS) is 24.4. The molecule has 12 nitrogen and oxygen atoms in total. The fraction of sp³-hybridized carbons (Fsp3) is 0.316. The van der Waals surface area contributed by atoms with Gasteiger partial charge in [0.1, 0.15) is 23.7 Å². The van der Waals surface area contributed by atoms with Crippen molar-refractivity contribution in [3.63, 3.8) is 0 Å². The van der Waals surface area contributed by atoms with Crippen LogP contribution in [-0.4, -0.2) is 52.6 Å². The summed E-state index contributed by atoms with van der Waals surface area (Å²) < 4.78 is 21.4. The van der Waals surface area contributed by atoms with Crippen molar-refractivity contribution in [3.8, 4) is 11.5 Å². The van der Waals surface area contributed by atoms with E-state index < -0.39 is 40.2 Å². The molecule has 2 heterocycles. The highest BCUT2D eigenvalue weighted by Gasteiger charge is 2.48. The Balaban J connectivity index is 1.55. The predicted octanol–water partition coefficient (Wildman–Crippen LogP) is 2.32. The second kappa shape index (κ2) is 8.26. The average Bonchev–Trinajstić information content (AvgIpc) is 3.31. The summed E-state index contributed by atoms with van der Waals surface area (Å²) in [5.74, 6) is -0.480. The van der Waals surface area contributed by atoms with Crippen LogP contribution in [0.25, 0.3) is 0 Å². The topological polar surface area (TPSA) is 160 Å². The monoisotopic (exact) mass is 432 g/mol. The second-order valence-electron chi connectivity index (χ2n) is 6.95. The van der Waals surface area contributed by atoms with Gasteiger partial charge >= 0.3 is 6.16 Å². The third-order valence-electron chi connectivity index (χ3n) is 5.07.